The summed E-state index contributed by atoms with van der Waals surface area (Å²) in [6, 6.07) is 5.54. The van der Waals surface area contributed by atoms with Crippen LogP contribution in [0.1, 0.15) is 18.1 Å². The van der Waals surface area contributed by atoms with Gasteiger partial charge < -0.3 is 0 Å². The maximum absolute atomic E-state index is 14.9. The van der Waals surface area contributed by atoms with E-state index in [0.717, 1.165) is 18.2 Å². The van der Waals surface area contributed by atoms with Gasteiger partial charge in [0.1, 0.15) is 10.7 Å². The van der Waals surface area contributed by atoms with Gasteiger partial charge in [-0.2, -0.15) is 0 Å². The van der Waals surface area contributed by atoms with Gasteiger partial charge in [-0.25, -0.2) is 27.2 Å². The van der Waals surface area contributed by atoms with Gasteiger partial charge in [-0.3, -0.25) is 14.8 Å². The summed E-state index contributed by atoms with van der Waals surface area (Å²) in [7, 11) is -4.33. The smallest absolute Gasteiger partial charge is 0.263 e. The van der Waals surface area contributed by atoms with Crippen molar-refractivity contribution in [1.29, 1.82) is 0 Å². The highest BCUT2D eigenvalue weighted by Gasteiger charge is 2.22. The maximum atomic E-state index is 14.9. The zero-order valence-corrected chi connectivity index (χ0v) is 18.4. The van der Waals surface area contributed by atoms with Crippen molar-refractivity contribution in [3.8, 4) is 11.8 Å². The molecule has 0 saturated heterocycles. The molecule has 164 valence electrons. The normalized spacial score (nSPS) is 10.8. The fourth-order valence-corrected chi connectivity index (χ4v) is 4.20. The summed E-state index contributed by atoms with van der Waals surface area (Å²) in [6.45, 7) is 1.28. The largest absolute Gasteiger partial charge is 0.295 e. The Morgan fingerprint density at radius 2 is 1.75 bits per heavy atom. The van der Waals surface area contributed by atoms with Crippen molar-refractivity contribution in [2.75, 3.05) is 10.0 Å². The van der Waals surface area contributed by atoms with Crippen LogP contribution in [0, 0.1) is 23.5 Å². The Morgan fingerprint density at radius 1 is 1.06 bits per heavy atom. The Hall–Kier alpha value is -3.26. The Morgan fingerprint density at radius 3 is 2.41 bits per heavy atom. The van der Waals surface area contributed by atoms with E-state index in [-0.39, 0.29) is 32.4 Å². The maximum Gasteiger partial charge on any atom is 0.263 e. The highest BCUT2D eigenvalue weighted by atomic mass is 35.5. The molecule has 2 aromatic carbocycles. The van der Waals surface area contributed by atoms with Gasteiger partial charge in [-0.15, -0.1) is 0 Å². The number of nitrogens with one attached hydrogen (secondary N) is 2. The van der Waals surface area contributed by atoms with Gasteiger partial charge in [0.2, 0.25) is 11.9 Å². The predicted molar refractivity (Wildman–Crippen MR) is 116 cm³/mol. The van der Waals surface area contributed by atoms with Gasteiger partial charge in [0, 0.05) is 24.3 Å². The SMILES string of the molecule is CC(=O)Nc1ncc(C#Cc2c(F)ccc(NS(=O)(=O)c3cc(Cl)ccc3Cl)c2F)cn1. The predicted octanol–water partition coefficient (Wildman–Crippen LogP) is 4.22. The van der Waals surface area contributed by atoms with Crippen molar-refractivity contribution in [2.45, 2.75) is 11.8 Å². The van der Waals surface area contributed by atoms with Crippen LogP contribution in [0.15, 0.2) is 47.6 Å². The van der Waals surface area contributed by atoms with Crippen molar-refractivity contribution in [1.82, 2.24) is 9.97 Å². The third-order valence-corrected chi connectivity index (χ3v) is 5.87. The lowest BCUT2D eigenvalue weighted by Crippen LogP contribution is -2.15. The Kier molecular flexibility index (Phi) is 6.93. The van der Waals surface area contributed by atoms with Crippen LogP contribution < -0.4 is 10.0 Å². The summed E-state index contributed by atoms with van der Waals surface area (Å²) in [4.78, 5) is 18.3. The molecule has 1 heterocycles. The fourth-order valence-electron chi connectivity index (χ4n) is 2.38. The van der Waals surface area contributed by atoms with Crippen LogP contribution >= 0.6 is 23.2 Å². The molecular weight excluding hydrogens is 485 g/mol. The Balaban J connectivity index is 1.92. The van der Waals surface area contributed by atoms with Gasteiger partial charge in [0.15, 0.2) is 5.82 Å². The number of hydrogen-bond acceptors (Lipinski definition) is 5. The Bertz CT molecular complexity index is 1370. The van der Waals surface area contributed by atoms with Crippen LogP contribution in [-0.2, 0) is 14.8 Å². The van der Waals surface area contributed by atoms with E-state index in [1.165, 1.54) is 31.5 Å². The molecule has 12 heteroatoms. The molecule has 0 bridgehead atoms. The summed E-state index contributed by atoms with van der Waals surface area (Å²) in [6.07, 6.45) is 2.49. The van der Waals surface area contributed by atoms with Crippen molar-refractivity contribution >= 4 is 50.8 Å². The minimum atomic E-state index is -4.33. The third kappa shape index (κ3) is 5.50. The second-order valence-electron chi connectivity index (χ2n) is 6.19. The molecule has 32 heavy (non-hydrogen) atoms. The molecule has 1 aromatic heterocycles. The molecule has 0 unspecified atom stereocenters. The summed E-state index contributed by atoms with van der Waals surface area (Å²) in [5.74, 6) is 2.21. The Labute approximate surface area is 191 Å². The monoisotopic (exact) mass is 496 g/mol. The average Bonchev–Trinajstić information content (AvgIpc) is 2.72. The molecule has 7 nitrogen and oxygen atoms in total. The topological polar surface area (TPSA) is 101 Å². The third-order valence-electron chi connectivity index (χ3n) is 3.79. The highest BCUT2D eigenvalue weighted by molar-refractivity contribution is 7.92. The highest BCUT2D eigenvalue weighted by Crippen LogP contribution is 2.28. The lowest BCUT2D eigenvalue weighted by molar-refractivity contribution is -0.114. The van der Waals surface area contributed by atoms with Gasteiger partial charge >= 0.3 is 0 Å². The van der Waals surface area contributed by atoms with E-state index < -0.39 is 32.9 Å². The minimum Gasteiger partial charge on any atom is -0.295 e. The number of anilines is 2. The van der Waals surface area contributed by atoms with E-state index >= 15 is 0 Å². The van der Waals surface area contributed by atoms with Gasteiger partial charge in [0.05, 0.1) is 21.8 Å². The first-order valence-electron chi connectivity index (χ1n) is 8.64. The van der Waals surface area contributed by atoms with Crippen molar-refractivity contribution in [2.24, 2.45) is 0 Å². The first kappa shape index (κ1) is 23.4. The average molecular weight is 497 g/mol. The number of carbonyl (C=O) groups excluding carboxylic acids is 1. The van der Waals surface area contributed by atoms with Crippen LogP contribution in [0.4, 0.5) is 20.4 Å². The van der Waals surface area contributed by atoms with E-state index in [4.69, 9.17) is 23.2 Å². The molecule has 0 spiro atoms. The van der Waals surface area contributed by atoms with Crippen molar-refractivity contribution < 1.29 is 22.0 Å². The number of benzene rings is 2. The van der Waals surface area contributed by atoms with Crippen LogP contribution in [0.3, 0.4) is 0 Å². The number of sulfonamides is 1. The van der Waals surface area contributed by atoms with Gasteiger partial charge in [-0.05, 0) is 30.3 Å². The second kappa shape index (κ2) is 9.48. The van der Waals surface area contributed by atoms with Crippen LogP contribution in [0.5, 0.6) is 0 Å². The second-order valence-corrected chi connectivity index (χ2v) is 8.69. The molecule has 1 amide bonds. The lowest BCUT2D eigenvalue weighted by atomic mass is 10.1. The minimum absolute atomic E-state index is 0.0384. The summed E-state index contributed by atoms with van der Waals surface area (Å²) in [5.41, 5.74) is -1.01. The number of halogens is 4. The van der Waals surface area contributed by atoms with Crippen molar-refractivity contribution in [3.63, 3.8) is 0 Å². The molecule has 0 radical (unpaired) electrons. The zero-order chi connectivity index (χ0) is 23.5. The molecule has 0 aliphatic heterocycles. The molecule has 0 atom stereocenters. The lowest BCUT2D eigenvalue weighted by Gasteiger charge is -2.11. The number of aromatic nitrogens is 2. The van der Waals surface area contributed by atoms with Crippen molar-refractivity contribution in [3.05, 3.63) is 75.5 Å². The zero-order valence-electron chi connectivity index (χ0n) is 16.1. The van der Waals surface area contributed by atoms with Crippen LogP contribution in [-0.4, -0.2) is 24.3 Å². The van der Waals surface area contributed by atoms with Crippen LogP contribution in [0.25, 0.3) is 0 Å². The van der Waals surface area contributed by atoms with E-state index in [2.05, 4.69) is 27.1 Å². The summed E-state index contributed by atoms with van der Waals surface area (Å²) in [5, 5.41) is 2.33. The molecule has 2 N–H and O–H groups in total. The number of hydrogen-bond donors (Lipinski definition) is 2. The molecule has 0 fully saturated rings. The van der Waals surface area contributed by atoms with E-state index in [1.54, 1.807) is 0 Å². The van der Waals surface area contributed by atoms with E-state index in [0.29, 0.717) is 0 Å². The van der Waals surface area contributed by atoms with Gasteiger partial charge in [0.25, 0.3) is 10.0 Å². The first-order chi connectivity index (χ1) is 15.1. The molecule has 0 saturated carbocycles. The van der Waals surface area contributed by atoms with Gasteiger partial charge in [-0.1, -0.05) is 35.0 Å². The first-order valence-corrected chi connectivity index (χ1v) is 10.9. The summed E-state index contributed by atoms with van der Waals surface area (Å²) < 4.78 is 56.3. The number of amides is 1. The molecule has 0 aliphatic carbocycles. The molecular formula is C20H12Cl2F2N4O3S. The van der Waals surface area contributed by atoms with Crippen LogP contribution in [0.2, 0.25) is 10.0 Å². The number of rotatable bonds is 4. The fraction of sp³-hybridized carbons (Fsp3) is 0.0500. The molecule has 0 aliphatic rings. The standard InChI is InChI=1S/C20H12Cl2F2N4O3S/c1-11(29)27-20-25-9-12(10-26-20)2-4-14-16(23)6-7-17(19(14)24)28-32(30,31)18-8-13(21)3-5-15(18)22/h3,5-10,28H,1H3,(H,25,26,27,29). The number of carbonyl (C=O) groups is 1. The molecule has 3 rings (SSSR count). The number of nitrogens with zero attached hydrogens (tertiary/aromatic N) is 2. The molecule has 3 aromatic rings. The summed E-state index contributed by atoms with van der Waals surface area (Å²) >= 11 is 11.7. The quantitative estimate of drug-likeness (QED) is 0.526. The van der Waals surface area contributed by atoms with E-state index in [9.17, 15) is 22.0 Å². The van der Waals surface area contributed by atoms with E-state index in [1.807, 2.05) is 4.72 Å².